The van der Waals surface area contributed by atoms with Crippen LogP contribution in [0.1, 0.15) is 13.8 Å². The first-order valence-electron chi connectivity index (χ1n) is 4.87. The van der Waals surface area contributed by atoms with Crippen LogP contribution in [0.2, 0.25) is 0 Å². The van der Waals surface area contributed by atoms with Gasteiger partial charge in [-0.25, -0.2) is 9.97 Å². The molecule has 0 bridgehead atoms. The first-order valence-corrected chi connectivity index (χ1v) is 4.87. The Hall–Kier alpha value is -1.84. The van der Waals surface area contributed by atoms with Crippen molar-refractivity contribution < 1.29 is 5.11 Å². The second kappa shape index (κ2) is 3.73. The molecule has 2 rings (SSSR count). The highest BCUT2D eigenvalue weighted by molar-refractivity contribution is 5.89. The lowest BCUT2D eigenvalue weighted by Crippen LogP contribution is -2.11. The topological polar surface area (TPSA) is 58.0 Å². The number of nitrogens with one attached hydrogen (secondary N) is 1. The Bertz CT molecular complexity index is 482. The van der Waals surface area contributed by atoms with Crippen molar-refractivity contribution >= 4 is 16.7 Å². The van der Waals surface area contributed by atoms with Crippen LogP contribution in [0.25, 0.3) is 10.9 Å². The summed E-state index contributed by atoms with van der Waals surface area (Å²) in [6.45, 7) is 4.10. The molecule has 2 aromatic rings. The predicted octanol–water partition coefficient (Wildman–Crippen LogP) is 2.16. The van der Waals surface area contributed by atoms with Crippen LogP contribution in [0.15, 0.2) is 24.5 Å². The Morgan fingerprint density at radius 3 is 2.80 bits per heavy atom. The molecule has 1 heterocycles. The zero-order valence-corrected chi connectivity index (χ0v) is 8.73. The molecule has 15 heavy (non-hydrogen) atoms. The highest BCUT2D eigenvalue weighted by Gasteiger charge is 2.04. The van der Waals surface area contributed by atoms with Crippen molar-refractivity contribution in [3.63, 3.8) is 0 Å². The summed E-state index contributed by atoms with van der Waals surface area (Å²) < 4.78 is 0. The van der Waals surface area contributed by atoms with Crippen molar-refractivity contribution in [3.05, 3.63) is 24.5 Å². The maximum absolute atomic E-state index is 9.32. The van der Waals surface area contributed by atoms with E-state index in [-0.39, 0.29) is 5.75 Å². The Morgan fingerprint density at radius 1 is 1.27 bits per heavy atom. The Balaban J connectivity index is 2.56. The minimum absolute atomic E-state index is 0.219. The summed E-state index contributed by atoms with van der Waals surface area (Å²) in [5.41, 5.74) is 0.744. The van der Waals surface area contributed by atoms with Crippen molar-refractivity contribution in [2.24, 2.45) is 0 Å². The lowest BCUT2D eigenvalue weighted by Gasteiger charge is -2.10. The third-order valence-corrected chi connectivity index (χ3v) is 2.05. The summed E-state index contributed by atoms with van der Waals surface area (Å²) in [5, 5.41) is 13.5. The summed E-state index contributed by atoms with van der Waals surface area (Å²) in [4.78, 5) is 8.27. The average molecular weight is 203 g/mol. The van der Waals surface area contributed by atoms with Gasteiger partial charge in [0.2, 0.25) is 0 Å². The van der Waals surface area contributed by atoms with Crippen LogP contribution in [-0.2, 0) is 0 Å². The number of phenols is 1. The monoisotopic (exact) mass is 203 g/mol. The summed E-state index contributed by atoms with van der Waals surface area (Å²) >= 11 is 0. The largest absolute Gasteiger partial charge is 0.508 e. The van der Waals surface area contributed by atoms with Gasteiger partial charge in [0.1, 0.15) is 17.9 Å². The van der Waals surface area contributed by atoms with Crippen molar-refractivity contribution in [2.45, 2.75) is 19.9 Å². The molecular weight excluding hydrogens is 190 g/mol. The molecular formula is C11H13N3O. The normalized spacial score (nSPS) is 10.9. The highest BCUT2D eigenvalue weighted by Crippen LogP contribution is 2.23. The van der Waals surface area contributed by atoms with E-state index < -0.39 is 0 Å². The van der Waals surface area contributed by atoms with Gasteiger partial charge in [0.15, 0.2) is 0 Å². The van der Waals surface area contributed by atoms with E-state index in [2.05, 4.69) is 15.3 Å². The van der Waals surface area contributed by atoms with E-state index in [0.29, 0.717) is 6.04 Å². The lowest BCUT2D eigenvalue weighted by atomic mass is 10.2. The van der Waals surface area contributed by atoms with E-state index >= 15 is 0 Å². The van der Waals surface area contributed by atoms with E-state index in [1.54, 1.807) is 12.1 Å². The van der Waals surface area contributed by atoms with Gasteiger partial charge in [0.05, 0.1) is 5.52 Å². The summed E-state index contributed by atoms with van der Waals surface area (Å²) in [6.07, 6.45) is 1.49. The van der Waals surface area contributed by atoms with Crippen LogP contribution >= 0.6 is 0 Å². The molecule has 0 aliphatic heterocycles. The number of aromatic hydroxyl groups is 1. The first-order chi connectivity index (χ1) is 7.16. The van der Waals surface area contributed by atoms with Crippen LogP contribution in [0.4, 0.5) is 5.82 Å². The standard InChI is InChI=1S/C11H13N3O/c1-7(2)14-11-9-4-3-8(15)5-10(9)12-6-13-11/h3-7,15H,1-2H3,(H,12,13,14). The molecule has 78 valence electrons. The van der Waals surface area contributed by atoms with Gasteiger partial charge in [-0.15, -0.1) is 0 Å². The molecule has 0 saturated heterocycles. The fourth-order valence-electron chi connectivity index (χ4n) is 1.43. The molecule has 0 aliphatic rings. The number of rotatable bonds is 2. The molecule has 0 saturated carbocycles. The van der Waals surface area contributed by atoms with Gasteiger partial charge < -0.3 is 10.4 Å². The van der Waals surface area contributed by atoms with Gasteiger partial charge in [-0.05, 0) is 26.0 Å². The smallest absolute Gasteiger partial charge is 0.137 e. The maximum Gasteiger partial charge on any atom is 0.137 e. The van der Waals surface area contributed by atoms with E-state index in [1.807, 2.05) is 19.9 Å². The van der Waals surface area contributed by atoms with E-state index in [1.165, 1.54) is 6.33 Å². The zero-order chi connectivity index (χ0) is 10.8. The fourth-order valence-corrected chi connectivity index (χ4v) is 1.43. The van der Waals surface area contributed by atoms with Gasteiger partial charge in [-0.1, -0.05) is 0 Å². The fraction of sp³-hybridized carbons (Fsp3) is 0.273. The number of benzene rings is 1. The SMILES string of the molecule is CC(C)Nc1ncnc2cc(O)ccc12. The molecule has 0 aliphatic carbocycles. The van der Waals surface area contributed by atoms with Crippen molar-refractivity contribution in [1.82, 2.24) is 9.97 Å². The molecule has 0 spiro atoms. The van der Waals surface area contributed by atoms with Gasteiger partial charge in [-0.2, -0.15) is 0 Å². The van der Waals surface area contributed by atoms with Gasteiger partial charge in [0, 0.05) is 17.5 Å². The number of aromatic nitrogens is 2. The second-order valence-corrected chi connectivity index (χ2v) is 3.72. The van der Waals surface area contributed by atoms with Crippen molar-refractivity contribution in [2.75, 3.05) is 5.32 Å². The highest BCUT2D eigenvalue weighted by atomic mass is 16.3. The van der Waals surface area contributed by atoms with Gasteiger partial charge >= 0.3 is 0 Å². The molecule has 4 heteroatoms. The predicted molar refractivity (Wildman–Crippen MR) is 60.0 cm³/mol. The molecule has 1 aromatic heterocycles. The number of fused-ring (bicyclic) bond motifs is 1. The average Bonchev–Trinajstić information content (AvgIpc) is 2.16. The molecule has 2 N–H and O–H groups in total. The lowest BCUT2D eigenvalue weighted by molar-refractivity contribution is 0.476. The third-order valence-electron chi connectivity index (χ3n) is 2.05. The molecule has 0 fully saturated rings. The van der Waals surface area contributed by atoms with E-state index in [9.17, 15) is 5.11 Å². The number of anilines is 1. The molecule has 0 atom stereocenters. The molecule has 4 nitrogen and oxygen atoms in total. The summed E-state index contributed by atoms with van der Waals surface area (Å²) in [6, 6.07) is 5.40. The Kier molecular flexibility index (Phi) is 2.41. The van der Waals surface area contributed by atoms with Crippen molar-refractivity contribution in [3.8, 4) is 5.75 Å². The molecule has 0 unspecified atom stereocenters. The minimum atomic E-state index is 0.219. The summed E-state index contributed by atoms with van der Waals surface area (Å²) in [7, 11) is 0. The number of nitrogens with zero attached hydrogens (tertiary/aromatic N) is 2. The van der Waals surface area contributed by atoms with Crippen molar-refractivity contribution in [1.29, 1.82) is 0 Å². The number of hydrogen-bond acceptors (Lipinski definition) is 4. The van der Waals surface area contributed by atoms with Crippen LogP contribution in [0.3, 0.4) is 0 Å². The van der Waals surface area contributed by atoms with Crippen LogP contribution in [-0.4, -0.2) is 21.1 Å². The number of hydrogen-bond donors (Lipinski definition) is 2. The van der Waals surface area contributed by atoms with Gasteiger partial charge in [0.25, 0.3) is 0 Å². The molecule has 0 amide bonds. The Labute approximate surface area is 88.0 Å². The Morgan fingerprint density at radius 2 is 2.07 bits per heavy atom. The quantitative estimate of drug-likeness (QED) is 0.785. The van der Waals surface area contributed by atoms with Crippen LogP contribution in [0.5, 0.6) is 5.75 Å². The van der Waals surface area contributed by atoms with E-state index in [0.717, 1.165) is 16.7 Å². The first kappa shape index (κ1) is 9.71. The second-order valence-electron chi connectivity index (χ2n) is 3.72. The van der Waals surface area contributed by atoms with E-state index in [4.69, 9.17) is 0 Å². The number of phenolic OH excluding ortho intramolecular Hbond substituents is 1. The maximum atomic E-state index is 9.32. The van der Waals surface area contributed by atoms with Gasteiger partial charge in [-0.3, -0.25) is 0 Å². The van der Waals surface area contributed by atoms with Crippen LogP contribution < -0.4 is 5.32 Å². The minimum Gasteiger partial charge on any atom is -0.508 e. The molecule has 0 radical (unpaired) electrons. The summed E-state index contributed by atoms with van der Waals surface area (Å²) in [5.74, 6) is 1.02. The van der Waals surface area contributed by atoms with Crippen LogP contribution in [0, 0.1) is 0 Å². The molecule has 1 aromatic carbocycles. The zero-order valence-electron chi connectivity index (χ0n) is 8.73. The third kappa shape index (κ3) is 1.98.